The standard InChI is InChI=1S/C15H13N5O/c1-8-9(6-16)15(21)20(2)14-10(8)7-18-13-11(17)4-3-5-12(13)19-14/h3-5,7,19H,17H2,1-2H3. The third-order valence-electron chi connectivity index (χ3n) is 3.64. The number of nitrogens with one attached hydrogen (secondary N) is 1. The first-order chi connectivity index (χ1) is 10.0. The van der Waals surface area contributed by atoms with Gasteiger partial charge in [0.2, 0.25) is 0 Å². The van der Waals surface area contributed by atoms with E-state index in [2.05, 4.69) is 10.3 Å². The van der Waals surface area contributed by atoms with E-state index in [1.54, 1.807) is 26.3 Å². The van der Waals surface area contributed by atoms with Crippen molar-refractivity contribution in [1.82, 2.24) is 4.57 Å². The van der Waals surface area contributed by atoms with Crippen molar-refractivity contribution in [2.24, 2.45) is 12.0 Å². The van der Waals surface area contributed by atoms with E-state index < -0.39 is 0 Å². The van der Waals surface area contributed by atoms with Gasteiger partial charge < -0.3 is 11.1 Å². The summed E-state index contributed by atoms with van der Waals surface area (Å²) in [5, 5.41) is 12.4. The maximum Gasteiger partial charge on any atom is 0.270 e. The number of rotatable bonds is 0. The quantitative estimate of drug-likeness (QED) is 0.615. The lowest BCUT2D eigenvalue weighted by atomic mass is 10.1. The number of nitrogens with zero attached hydrogens (tertiary/aromatic N) is 3. The molecule has 0 bridgehead atoms. The van der Waals surface area contributed by atoms with Crippen LogP contribution in [0.3, 0.4) is 0 Å². The third-order valence-corrected chi connectivity index (χ3v) is 3.64. The van der Waals surface area contributed by atoms with E-state index in [9.17, 15) is 4.79 Å². The fourth-order valence-electron chi connectivity index (χ4n) is 2.43. The van der Waals surface area contributed by atoms with Crippen LogP contribution in [0.2, 0.25) is 0 Å². The third kappa shape index (κ3) is 1.79. The number of aliphatic imine (C=N–C) groups is 1. The van der Waals surface area contributed by atoms with Gasteiger partial charge in [-0.25, -0.2) is 0 Å². The minimum Gasteiger partial charge on any atom is -0.397 e. The van der Waals surface area contributed by atoms with Gasteiger partial charge in [0.15, 0.2) is 0 Å². The minimum absolute atomic E-state index is 0.128. The number of hydrogen-bond donors (Lipinski definition) is 2. The molecule has 0 unspecified atom stereocenters. The molecule has 2 aromatic rings. The Morgan fingerprint density at radius 2 is 2.19 bits per heavy atom. The second kappa shape index (κ2) is 4.49. The highest BCUT2D eigenvalue weighted by atomic mass is 16.1. The van der Waals surface area contributed by atoms with Crippen LogP contribution in [0.5, 0.6) is 0 Å². The molecule has 1 aliphatic rings. The Kier molecular flexibility index (Phi) is 2.77. The first-order valence-corrected chi connectivity index (χ1v) is 6.38. The van der Waals surface area contributed by atoms with Gasteiger partial charge in [-0.1, -0.05) is 6.07 Å². The number of pyridine rings is 1. The maximum atomic E-state index is 12.2. The summed E-state index contributed by atoms with van der Waals surface area (Å²) in [6.45, 7) is 1.74. The van der Waals surface area contributed by atoms with Crippen LogP contribution in [0.15, 0.2) is 28.0 Å². The van der Waals surface area contributed by atoms with Gasteiger partial charge in [-0.05, 0) is 24.6 Å². The van der Waals surface area contributed by atoms with Crippen LogP contribution in [0, 0.1) is 18.3 Å². The van der Waals surface area contributed by atoms with Crippen LogP contribution in [0.4, 0.5) is 22.9 Å². The summed E-state index contributed by atoms with van der Waals surface area (Å²) in [6.07, 6.45) is 1.64. The highest BCUT2D eigenvalue weighted by molar-refractivity contribution is 5.98. The van der Waals surface area contributed by atoms with E-state index in [0.29, 0.717) is 28.3 Å². The summed E-state index contributed by atoms with van der Waals surface area (Å²) in [5.74, 6) is 0.601. The van der Waals surface area contributed by atoms with E-state index in [1.165, 1.54) is 4.57 Å². The summed E-state index contributed by atoms with van der Waals surface area (Å²) in [5.41, 5.74) is 8.95. The molecule has 1 aliphatic heterocycles. The number of benzene rings is 1. The Labute approximate surface area is 121 Å². The Hall–Kier alpha value is -3.07. The van der Waals surface area contributed by atoms with Gasteiger partial charge in [-0.3, -0.25) is 14.4 Å². The lowest BCUT2D eigenvalue weighted by Crippen LogP contribution is -2.25. The smallest absolute Gasteiger partial charge is 0.270 e. The van der Waals surface area contributed by atoms with Crippen LogP contribution < -0.4 is 16.6 Å². The molecule has 1 aromatic carbocycles. The van der Waals surface area contributed by atoms with Gasteiger partial charge in [-0.2, -0.15) is 5.26 Å². The van der Waals surface area contributed by atoms with Crippen LogP contribution in [0.1, 0.15) is 16.7 Å². The zero-order valence-corrected chi connectivity index (χ0v) is 11.6. The van der Waals surface area contributed by atoms with E-state index in [-0.39, 0.29) is 11.1 Å². The molecule has 0 radical (unpaired) electrons. The zero-order chi connectivity index (χ0) is 15.1. The van der Waals surface area contributed by atoms with E-state index in [4.69, 9.17) is 11.0 Å². The number of para-hydroxylation sites is 1. The van der Waals surface area contributed by atoms with E-state index in [1.807, 2.05) is 18.2 Å². The van der Waals surface area contributed by atoms with Crippen LogP contribution in [-0.2, 0) is 7.05 Å². The van der Waals surface area contributed by atoms with E-state index in [0.717, 1.165) is 5.69 Å². The van der Waals surface area contributed by atoms with Crippen LogP contribution >= 0.6 is 0 Å². The molecule has 0 fully saturated rings. The zero-order valence-electron chi connectivity index (χ0n) is 11.6. The first kappa shape index (κ1) is 12.9. The summed E-state index contributed by atoms with van der Waals surface area (Å²) in [7, 11) is 1.62. The molecule has 3 rings (SSSR count). The molecule has 3 N–H and O–H groups in total. The summed E-state index contributed by atoms with van der Waals surface area (Å²) in [4.78, 5) is 16.6. The molecule has 21 heavy (non-hydrogen) atoms. The summed E-state index contributed by atoms with van der Waals surface area (Å²) in [6, 6.07) is 7.38. The Bertz CT molecular complexity index is 886. The maximum absolute atomic E-state index is 12.2. The van der Waals surface area contributed by atoms with Gasteiger partial charge in [-0.15, -0.1) is 0 Å². The fourth-order valence-corrected chi connectivity index (χ4v) is 2.43. The first-order valence-electron chi connectivity index (χ1n) is 6.38. The lowest BCUT2D eigenvalue weighted by Gasteiger charge is -2.15. The molecule has 0 saturated carbocycles. The molecule has 0 amide bonds. The van der Waals surface area contributed by atoms with Crippen molar-refractivity contribution < 1.29 is 0 Å². The Morgan fingerprint density at radius 1 is 1.43 bits per heavy atom. The molecule has 0 spiro atoms. The monoisotopic (exact) mass is 279 g/mol. The molecule has 2 heterocycles. The SMILES string of the molecule is Cc1c2c(n(C)c(=O)c1C#N)Nc1cccc(N)c1N=C2. The van der Waals surface area contributed by atoms with Crippen LogP contribution in [-0.4, -0.2) is 10.8 Å². The van der Waals surface area contributed by atoms with Gasteiger partial charge >= 0.3 is 0 Å². The van der Waals surface area contributed by atoms with E-state index >= 15 is 0 Å². The predicted octanol–water partition coefficient (Wildman–Crippen LogP) is 1.96. The number of hydrogen-bond acceptors (Lipinski definition) is 5. The van der Waals surface area contributed by atoms with Crippen molar-refractivity contribution in [3.63, 3.8) is 0 Å². The fraction of sp³-hybridized carbons (Fsp3) is 0.133. The van der Waals surface area contributed by atoms with Crippen molar-refractivity contribution in [2.75, 3.05) is 11.1 Å². The van der Waals surface area contributed by atoms with Crippen molar-refractivity contribution in [1.29, 1.82) is 5.26 Å². The Balaban J connectivity index is 2.36. The Morgan fingerprint density at radius 3 is 2.90 bits per heavy atom. The molecule has 0 atom stereocenters. The van der Waals surface area contributed by atoms with Gasteiger partial charge in [0.1, 0.15) is 23.1 Å². The number of nitrogens with two attached hydrogens (primary N) is 1. The van der Waals surface area contributed by atoms with Gasteiger partial charge in [0.05, 0.1) is 11.4 Å². The average molecular weight is 279 g/mol. The number of nitrogen functional groups attached to an aromatic ring is 1. The second-order valence-electron chi connectivity index (χ2n) is 4.86. The number of nitriles is 1. The number of aromatic nitrogens is 1. The number of anilines is 3. The normalized spacial score (nSPS) is 11.9. The largest absolute Gasteiger partial charge is 0.397 e. The predicted molar refractivity (Wildman–Crippen MR) is 82.5 cm³/mol. The van der Waals surface area contributed by atoms with Crippen molar-refractivity contribution in [3.8, 4) is 6.07 Å². The molecule has 104 valence electrons. The van der Waals surface area contributed by atoms with Crippen molar-refractivity contribution >= 4 is 29.1 Å². The van der Waals surface area contributed by atoms with Gasteiger partial charge in [0, 0.05) is 18.8 Å². The molecule has 0 saturated heterocycles. The molecular weight excluding hydrogens is 266 g/mol. The summed E-state index contributed by atoms with van der Waals surface area (Å²) < 4.78 is 1.42. The highest BCUT2D eigenvalue weighted by Crippen LogP contribution is 2.36. The molecule has 6 nitrogen and oxygen atoms in total. The molecule has 0 aliphatic carbocycles. The lowest BCUT2D eigenvalue weighted by molar-refractivity contribution is 0.860. The molecule has 6 heteroatoms. The minimum atomic E-state index is -0.331. The van der Waals surface area contributed by atoms with Crippen molar-refractivity contribution in [3.05, 3.63) is 45.2 Å². The van der Waals surface area contributed by atoms with Crippen LogP contribution in [0.25, 0.3) is 0 Å². The number of fused-ring (bicyclic) bond motifs is 2. The van der Waals surface area contributed by atoms with Gasteiger partial charge in [0.25, 0.3) is 5.56 Å². The highest BCUT2D eigenvalue weighted by Gasteiger charge is 2.20. The second-order valence-corrected chi connectivity index (χ2v) is 4.86. The topological polar surface area (TPSA) is 96.2 Å². The van der Waals surface area contributed by atoms with Crippen molar-refractivity contribution in [2.45, 2.75) is 6.92 Å². The summed E-state index contributed by atoms with van der Waals surface area (Å²) >= 11 is 0. The average Bonchev–Trinajstić information content (AvgIpc) is 2.66. The molecule has 1 aromatic heterocycles. The molecular formula is C15H13N5O.